The van der Waals surface area contributed by atoms with Crippen LogP contribution in [0.25, 0.3) is 0 Å². The van der Waals surface area contributed by atoms with Crippen LogP contribution in [-0.4, -0.2) is 23.5 Å². The van der Waals surface area contributed by atoms with E-state index in [2.05, 4.69) is 0 Å². The van der Waals surface area contributed by atoms with E-state index in [1.165, 1.54) is 4.90 Å². The van der Waals surface area contributed by atoms with E-state index in [1.54, 1.807) is 19.2 Å². The summed E-state index contributed by atoms with van der Waals surface area (Å²) in [6.45, 7) is -0.284. The highest BCUT2D eigenvalue weighted by Gasteiger charge is 2.23. The molecule has 0 spiro atoms. The van der Waals surface area contributed by atoms with Gasteiger partial charge in [0, 0.05) is 12.7 Å². The summed E-state index contributed by atoms with van der Waals surface area (Å²) < 4.78 is 3.22. The monoisotopic (exact) mass is 281 g/mol. The molecule has 6 heteroatoms. The van der Waals surface area contributed by atoms with Gasteiger partial charge in [0.2, 0.25) is 3.79 Å². The smallest absolute Gasteiger partial charge is 0.414 e. The average molecular weight is 283 g/mol. The van der Waals surface area contributed by atoms with Gasteiger partial charge in [0.25, 0.3) is 0 Å². The normalized spacial score (nSPS) is 11.0. The zero-order valence-corrected chi connectivity index (χ0v) is 10.8. The minimum Gasteiger partial charge on any atom is -0.445 e. The second kappa shape index (κ2) is 5.62. The van der Waals surface area contributed by atoms with Crippen molar-refractivity contribution in [1.29, 1.82) is 0 Å². The molecule has 0 aliphatic carbocycles. The zero-order valence-electron chi connectivity index (χ0n) is 8.49. The van der Waals surface area contributed by atoms with Gasteiger partial charge in [-0.3, -0.25) is 4.90 Å². The van der Waals surface area contributed by atoms with Crippen LogP contribution in [0.5, 0.6) is 0 Å². The molecule has 0 heterocycles. The summed E-state index contributed by atoms with van der Waals surface area (Å²) in [5.41, 5.74) is 0.705. The van der Waals surface area contributed by atoms with Crippen molar-refractivity contribution in [2.75, 3.05) is 18.6 Å². The summed E-state index contributed by atoms with van der Waals surface area (Å²) in [5, 5.41) is 0. The highest BCUT2D eigenvalue weighted by Crippen LogP contribution is 2.26. The predicted octanol–water partition coefficient (Wildman–Crippen LogP) is 3.63. The summed E-state index contributed by atoms with van der Waals surface area (Å²) >= 11 is 16.4. The Labute approximate surface area is 109 Å². The van der Waals surface area contributed by atoms with Gasteiger partial charge in [-0.2, -0.15) is 0 Å². The number of halogens is 3. The average Bonchev–Trinajstić information content (AvgIpc) is 2.25. The summed E-state index contributed by atoms with van der Waals surface area (Å²) in [4.78, 5) is 12.8. The van der Waals surface area contributed by atoms with E-state index in [0.717, 1.165) is 0 Å². The van der Waals surface area contributed by atoms with Gasteiger partial charge in [-0.1, -0.05) is 53.0 Å². The number of carbonyl (C=O) groups excluding carboxylic acids is 1. The molecule has 0 aliphatic rings. The van der Waals surface area contributed by atoms with E-state index in [0.29, 0.717) is 5.69 Å². The summed E-state index contributed by atoms with van der Waals surface area (Å²) in [6.07, 6.45) is -0.572. The number of alkyl halides is 3. The number of carbonyl (C=O) groups is 1. The van der Waals surface area contributed by atoms with E-state index >= 15 is 0 Å². The van der Waals surface area contributed by atoms with Crippen molar-refractivity contribution in [3.05, 3.63) is 30.3 Å². The Morgan fingerprint density at radius 1 is 1.31 bits per heavy atom. The van der Waals surface area contributed by atoms with Crippen molar-refractivity contribution in [3.8, 4) is 0 Å². The molecule has 0 radical (unpaired) electrons. The van der Waals surface area contributed by atoms with Crippen molar-refractivity contribution >= 4 is 46.6 Å². The largest absolute Gasteiger partial charge is 0.445 e. The fraction of sp³-hybridized carbons (Fsp3) is 0.300. The van der Waals surface area contributed by atoms with E-state index < -0.39 is 9.89 Å². The summed E-state index contributed by atoms with van der Waals surface area (Å²) in [5.74, 6) is 0. The van der Waals surface area contributed by atoms with Crippen LogP contribution in [0, 0.1) is 0 Å². The first-order valence-electron chi connectivity index (χ1n) is 4.42. The molecule has 88 valence electrons. The molecule has 0 unspecified atom stereocenters. The van der Waals surface area contributed by atoms with Gasteiger partial charge in [-0.15, -0.1) is 0 Å². The first-order chi connectivity index (χ1) is 7.40. The van der Waals surface area contributed by atoms with E-state index in [-0.39, 0.29) is 6.61 Å². The SMILES string of the molecule is CN(C(=O)OCC(Cl)(Cl)Cl)c1ccccc1. The lowest BCUT2D eigenvalue weighted by Gasteiger charge is -2.18. The highest BCUT2D eigenvalue weighted by molar-refractivity contribution is 6.67. The van der Waals surface area contributed by atoms with Gasteiger partial charge < -0.3 is 4.74 Å². The van der Waals surface area contributed by atoms with Crippen molar-refractivity contribution in [1.82, 2.24) is 0 Å². The molecule has 0 atom stereocenters. The van der Waals surface area contributed by atoms with Gasteiger partial charge in [-0.05, 0) is 12.1 Å². The Morgan fingerprint density at radius 2 is 1.88 bits per heavy atom. The lowest BCUT2D eigenvalue weighted by atomic mass is 10.3. The number of hydrogen-bond donors (Lipinski definition) is 0. The van der Waals surface area contributed by atoms with Crippen LogP contribution >= 0.6 is 34.8 Å². The van der Waals surface area contributed by atoms with Crippen LogP contribution in [0.1, 0.15) is 0 Å². The van der Waals surface area contributed by atoms with Crippen molar-refractivity contribution in [2.24, 2.45) is 0 Å². The number of rotatable bonds is 2. The van der Waals surface area contributed by atoms with Crippen LogP contribution in [0.3, 0.4) is 0 Å². The molecule has 1 amide bonds. The zero-order chi connectivity index (χ0) is 12.2. The molecule has 3 nitrogen and oxygen atoms in total. The van der Waals surface area contributed by atoms with Crippen LogP contribution in [-0.2, 0) is 4.74 Å². The number of nitrogens with zero attached hydrogens (tertiary/aromatic N) is 1. The fourth-order valence-electron chi connectivity index (χ4n) is 0.997. The number of anilines is 1. The van der Waals surface area contributed by atoms with E-state index in [9.17, 15) is 4.79 Å². The Hall–Kier alpha value is -0.640. The van der Waals surface area contributed by atoms with Gasteiger partial charge in [0.15, 0.2) is 0 Å². The summed E-state index contributed by atoms with van der Waals surface area (Å²) in [6, 6.07) is 9.03. The molecule has 16 heavy (non-hydrogen) atoms. The predicted molar refractivity (Wildman–Crippen MR) is 66.5 cm³/mol. The molecule has 1 aromatic carbocycles. The van der Waals surface area contributed by atoms with Crippen molar-refractivity contribution < 1.29 is 9.53 Å². The maximum absolute atomic E-state index is 11.5. The lowest BCUT2D eigenvalue weighted by Crippen LogP contribution is -2.29. The Bertz CT molecular complexity index is 351. The van der Waals surface area contributed by atoms with Gasteiger partial charge in [0.1, 0.15) is 6.61 Å². The highest BCUT2D eigenvalue weighted by atomic mass is 35.6. The molecule has 0 saturated heterocycles. The topological polar surface area (TPSA) is 29.5 Å². The third-order valence-electron chi connectivity index (χ3n) is 1.78. The maximum Gasteiger partial charge on any atom is 0.414 e. The van der Waals surface area contributed by atoms with Crippen LogP contribution < -0.4 is 4.90 Å². The number of hydrogen-bond acceptors (Lipinski definition) is 2. The molecule has 0 aliphatic heterocycles. The van der Waals surface area contributed by atoms with Crippen LogP contribution in [0.4, 0.5) is 10.5 Å². The summed E-state index contributed by atoms with van der Waals surface area (Å²) in [7, 11) is 1.58. The van der Waals surface area contributed by atoms with Crippen LogP contribution in [0.15, 0.2) is 30.3 Å². The minimum atomic E-state index is -1.59. The molecule has 1 aromatic rings. The quantitative estimate of drug-likeness (QED) is 0.775. The third kappa shape index (κ3) is 4.47. The maximum atomic E-state index is 11.5. The molecule has 0 aromatic heterocycles. The Morgan fingerprint density at radius 3 is 2.38 bits per heavy atom. The van der Waals surface area contributed by atoms with E-state index in [1.807, 2.05) is 18.2 Å². The van der Waals surface area contributed by atoms with Gasteiger partial charge in [-0.25, -0.2) is 4.79 Å². The standard InChI is InChI=1S/C10H10Cl3NO2/c1-14(8-5-3-2-4-6-8)9(15)16-7-10(11,12)13/h2-6H,7H2,1H3. The van der Waals surface area contributed by atoms with Crippen molar-refractivity contribution in [3.63, 3.8) is 0 Å². The third-order valence-corrected chi connectivity index (χ3v) is 2.10. The minimum absolute atomic E-state index is 0.284. The molecular weight excluding hydrogens is 272 g/mol. The van der Waals surface area contributed by atoms with Gasteiger partial charge >= 0.3 is 6.09 Å². The van der Waals surface area contributed by atoms with Crippen molar-refractivity contribution in [2.45, 2.75) is 3.79 Å². The first kappa shape index (κ1) is 13.4. The number of benzene rings is 1. The number of para-hydroxylation sites is 1. The Balaban J connectivity index is 2.55. The van der Waals surface area contributed by atoms with Gasteiger partial charge in [0.05, 0.1) is 0 Å². The molecular formula is C10H10Cl3NO2. The second-order valence-corrected chi connectivity index (χ2v) is 5.58. The number of amides is 1. The lowest BCUT2D eigenvalue weighted by molar-refractivity contribution is 0.157. The fourth-order valence-corrected chi connectivity index (χ4v) is 1.16. The molecule has 0 N–H and O–H groups in total. The molecule has 0 fully saturated rings. The van der Waals surface area contributed by atoms with Crippen LogP contribution in [0.2, 0.25) is 0 Å². The number of ether oxygens (including phenoxy) is 1. The molecule has 1 rings (SSSR count). The Kier molecular flexibility index (Phi) is 4.71. The molecule has 0 saturated carbocycles. The van der Waals surface area contributed by atoms with E-state index in [4.69, 9.17) is 39.5 Å². The first-order valence-corrected chi connectivity index (χ1v) is 5.56. The molecule has 0 bridgehead atoms. The second-order valence-electron chi connectivity index (χ2n) is 3.06.